The lowest BCUT2D eigenvalue weighted by Gasteiger charge is -2.31. The molecule has 0 aliphatic carbocycles. The molecule has 1 aliphatic rings. The molecule has 1 aromatic rings. The van der Waals surface area contributed by atoms with E-state index in [1.165, 1.54) is 4.31 Å². The molecule has 0 bridgehead atoms. The third-order valence-electron chi connectivity index (χ3n) is 4.04. The van der Waals surface area contributed by atoms with Crippen molar-refractivity contribution in [1.29, 1.82) is 0 Å². The molecular formula is C15H25N3O2S. The average molecular weight is 311 g/mol. The number of hydrogen-bond donors (Lipinski definition) is 1. The summed E-state index contributed by atoms with van der Waals surface area (Å²) in [5.74, 6) is 0. The van der Waals surface area contributed by atoms with Gasteiger partial charge in [0.2, 0.25) is 10.0 Å². The molecule has 1 fully saturated rings. The summed E-state index contributed by atoms with van der Waals surface area (Å²) < 4.78 is 25.6. The molecule has 118 valence electrons. The molecular weight excluding hydrogens is 286 g/mol. The smallest absolute Gasteiger partial charge is 0.242 e. The summed E-state index contributed by atoms with van der Waals surface area (Å²) in [6.45, 7) is 2.90. The summed E-state index contributed by atoms with van der Waals surface area (Å²) in [6, 6.07) is 7.82. The van der Waals surface area contributed by atoms with Gasteiger partial charge >= 0.3 is 0 Å². The highest BCUT2D eigenvalue weighted by molar-refractivity contribution is 7.89. The van der Waals surface area contributed by atoms with Gasteiger partial charge in [0.15, 0.2) is 0 Å². The number of piperidine rings is 1. The minimum Gasteiger partial charge on any atom is -0.317 e. The van der Waals surface area contributed by atoms with Crippen LogP contribution in [-0.4, -0.2) is 57.9 Å². The van der Waals surface area contributed by atoms with Gasteiger partial charge in [-0.15, -0.1) is 0 Å². The molecule has 2 rings (SSSR count). The third-order valence-corrected chi connectivity index (χ3v) is 5.85. The number of nitrogens with zero attached hydrogens (tertiary/aromatic N) is 2. The number of rotatable bonds is 5. The Hall–Kier alpha value is -0.950. The van der Waals surface area contributed by atoms with Crippen LogP contribution in [0.2, 0.25) is 0 Å². The minimum absolute atomic E-state index is 0.365. The Morgan fingerprint density at radius 2 is 1.86 bits per heavy atom. The van der Waals surface area contributed by atoms with Crippen LogP contribution < -0.4 is 5.32 Å². The van der Waals surface area contributed by atoms with Crippen LogP contribution in [-0.2, 0) is 16.6 Å². The van der Waals surface area contributed by atoms with Gasteiger partial charge in [-0.2, -0.15) is 0 Å². The number of benzene rings is 1. The molecule has 1 aromatic carbocycles. The van der Waals surface area contributed by atoms with Crippen molar-refractivity contribution < 1.29 is 8.42 Å². The molecule has 6 heteroatoms. The van der Waals surface area contributed by atoms with Crippen LogP contribution in [0.25, 0.3) is 0 Å². The highest BCUT2D eigenvalue weighted by Crippen LogP contribution is 2.18. The third kappa shape index (κ3) is 4.03. The fourth-order valence-electron chi connectivity index (χ4n) is 2.68. The number of sulfonamides is 1. The van der Waals surface area contributed by atoms with Gasteiger partial charge in [-0.05, 0) is 50.7 Å². The van der Waals surface area contributed by atoms with Crippen LogP contribution in [0.3, 0.4) is 0 Å². The number of nitrogens with one attached hydrogen (secondary N) is 1. The van der Waals surface area contributed by atoms with Crippen LogP contribution in [0.1, 0.15) is 18.4 Å². The second kappa shape index (κ2) is 6.87. The topological polar surface area (TPSA) is 52.7 Å². The largest absolute Gasteiger partial charge is 0.317 e. The van der Waals surface area contributed by atoms with Crippen molar-refractivity contribution in [3.8, 4) is 0 Å². The minimum atomic E-state index is -3.36. The molecule has 0 saturated carbocycles. The summed E-state index contributed by atoms with van der Waals surface area (Å²) in [5.41, 5.74) is 1.04. The van der Waals surface area contributed by atoms with E-state index in [-0.39, 0.29) is 0 Å². The molecule has 1 aliphatic heterocycles. The summed E-state index contributed by atoms with van der Waals surface area (Å²) in [6.07, 6.45) is 2.29. The van der Waals surface area contributed by atoms with Gasteiger partial charge < -0.3 is 5.32 Å². The maximum atomic E-state index is 12.2. The fraction of sp³-hybridized carbons (Fsp3) is 0.600. The molecule has 0 atom stereocenters. The average Bonchev–Trinajstić information content (AvgIpc) is 2.48. The monoisotopic (exact) mass is 311 g/mol. The summed E-state index contributed by atoms with van der Waals surface area (Å²) in [5, 5.41) is 3.36. The molecule has 1 heterocycles. The summed E-state index contributed by atoms with van der Waals surface area (Å²) >= 11 is 0. The Kier molecular flexibility index (Phi) is 5.37. The van der Waals surface area contributed by atoms with Crippen molar-refractivity contribution in [1.82, 2.24) is 14.5 Å². The molecule has 0 spiro atoms. The van der Waals surface area contributed by atoms with Gasteiger partial charge in [-0.25, -0.2) is 12.7 Å². The SMILES string of the molecule is CN(Cc1cccc(S(=O)(=O)N(C)C)c1)C1CCNCC1. The molecule has 0 aromatic heterocycles. The summed E-state index contributed by atoms with van der Waals surface area (Å²) in [7, 11) is 1.88. The second-order valence-corrected chi connectivity index (χ2v) is 7.98. The lowest BCUT2D eigenvalue weighted by atomic mass is 10.0. The van der Waals surface area contributed by atoms with Crippen molar-refractivity contribution >= 4 is 10.0 Å². The first kappa shape index (κ1) is 16.4. The van der Waals surface area contributed by atoms with Gasteiger partial charge in [0, 0.05) is 26.7 Å². The Morgan fingerprint density at radius 3 is 2.48 bits per heavy atom. The van der Waals surface area contributed by atoms with Gasteiger partial charge in [-0.3, -0.25) is 4.90 Å². The maximum Gasteiger partial charge on any atom is 0.242 e. The molecule has 1 N–H and O–H groups in total. The number of hydrogen-bond acceptors (Lipinski definition) is 4. The molecule has 0 radical (unpaired) electrons. The maximum absolute atomic E-state index is 12.2. The van der Waals surface area contributed by atoms with E-state index in [4.69, 9.17) is 0 Å². The fourth-order valence-corrected chi connectivity index (χ4v) is 3.65. The van der Waals surface area contributed by atoms with Crippen LogP contribution in [0.4, 0.5) is 0 Å². The van der Waals surface area contributed by atoms with Crippen molar-refractivity contribution in [2.45, 2.75) is 30.3 Å². The van der Waals surface area contributed by atoms with E-state index in [0.29, 0.717) is 10.9 Å². The predicted molar refractivity (Wildman–Crippen MR) is 84.7 cm³/mol. The highest BCUT2D eigenvalue weighted by atomic mass is 32.2. The zero-order valence-electron chi connectivity index (χ0n) is 13.0. The van der Waals surface area contributed by atoms with Gasteiger partial charge in [-0.1, -0.05) is 12.1 Å². The van der Waals surface area contributed by atoms with Crippen molar-refractivity contribution in [2.24, 2.45) is 0 Å². The zero-order chi connectivity index (χ0) is 15.5. The van der Waals surface area contributed by atoms with Crippen LogP contribution in [0.5, 0.6) is 0 Å². The first-order valence-corrected chi connectivity index (χ1v) is 8.77. The Balaban J connectivity index is 2.11. The molecule has 5 nitrogen and oxygen atoms in total. The molecule has 1 saturated heterocycles. The molecule has 0 unspecified atom stereocenters. The molecule has 0 amide bonds. The quantitative estimate of drug-likeness (QED) is 0.885. The first-order chi connectivity index (χ1) is 9.91. The standard InChI is InChI=1S/C15H25N3O2S/c1-17(2)21(19,20)15-6-4-5-13(11-15)12-18(3)14-7-9-16-10-8-14/h4-6,11,14,16H,7-10,12H2,1-3H3. The van der Waals surface area contributed by atoms with E-state index in [2.05, 4.69) is 17.3 Å². The van der Waals surface area contributed by atoms with Crippen molar-refractivity contribution in [2.75, 3.05) is 34.2 Å². The van der Waals surface area contributed by atoms with Crippen LogP contribution in [0.15, 0.2) is 29.2 Å². The Bertz CT molecular complexity index is 566. The van der Waals surface area contributed by atoms with Gasteiger partial charge in [0.1, 0.15) is 0 Å². The molecule has 21 heavy (non-hydrogen) atoms. The van der Waals surface area contributed by atoms with E-state index in [0.717, 1.165) is 38.0 Å². The van der Waals surface area contributed by atoms with E-state index in [1.807, 2.05) is 12.1 Å². The lowest BCUT2D eigenvalue weighted by molar-refractivity contribution is 0.191. The highest BCUT2D eigenvalue weighted by Gasteiger charge is 2.20. The van der Waals surface area contributed by atoms with Gasteiger partial charge in [0.25, 0.3) is 0 Å². The van der Waals surface area contributed by atoms with E-state index in [1.54, 1.807) is 26.2 Å². The Morgan fingerprint density at radius 1 is 1.19 bits per heavy atom. The van der Waals surface area contributed by atoms with E-state index >= 15 is 0 Å². The van der Waals surface area contributed by atoms with Crippen LogP contribution >= 0.6 is 0 Å². The zero-order valence-corrected chi connectivity index (χ0v) is 13.9. The lowest BCUT2D eigenvalue weighted by Crippen LogP contribution is -2.40. The van der Waals surface area contributed by atoms with E-state index < -0.39 is 10.0 Å². The predicted octanol–water partition coefficient (Wildman–Crippen LogP) is 1.12. The second-order valence-electron chi connectivity index (χ2n) is 5.83. The van der Waals surface area contributed by atoms with Gasteiger partial charge in [0.05, 0.1) is 4.90 Å². The Labute approximate surface area is 128 Å². The first-order valence-electron chi connectivity index (χ1n) is 7.33. The normalized spacial score (nSPS) is 17.6. The van der Waals surface area contributed by atoms with Crippen molar-refractivity contribution in [3.63, 3.8) is 0 Å². The van der Waals surface area contributed by atoms with Crippen molar-refractivity contribution in [3.05, 3.63) is 29.8 Å². The van der Waals surface area contributed by atoms with E-state index in [9.17, 15) is 8.42 Å². The summed E-state index contributed by atoms with van der Waals surface area (Å²) in [4.78, 5) is 2.69. The van der Waals surface area contributed by atoms with Crippen LogP contribution in [0, 0.1) is 0 Å².